The van der Waals surface area contributed by atoms with Crippen LogP contribution in [0.5, 0.6) is 0 Å². The number of hydrogen-bond acceptors (Lipinski definition) is 8. The molecule has 9 nitrogen and oxygen atoms in total. The first-order valence-corrected chi connectivity index (χ1v) is 10.4. The Bertz CT molecular complexity index is 1020. The number of non-ortho nitro benzene ring substituents is 1. The molecule has 1 aliphatic heterocycles. The van der Waals surface area contributed by atoms with Gasteiger partial charge < -0.3 is 19.5 Å². The maximum atomic E-state index is 13.1. The highest BCUT2D eigenvalue weighted by Crippen LogP contribution is 2.40. The molecular weight excluding hydrogens is 428 g/mol. The van der Waals surface area contributed by atoms with Gasteiger partial charge in [0.15, 0.2) is 0 Å². The van der Waals surface area contributed by atoms with Crippen LogP contribution in [-0.4, -0.2) is 43.8 Å². The van der Waals surface area contributed by atoms with Gasteiger partial charge in [-0.3, -0.25) is 10.1 Å². The standard InChI is InChI=1S/C24H28N2O7/c1-5-6-7-8-12-32-23(27)20-16(2)25-17(3)21(24(28)33-14-13-31-4)22(20)18-10-9-11-19(15-18)26(29)30/h5-11,15,22,25H,12-14H2,1-4H3/b6-5+,8-7+/t22-/m0/s1. The van der Waals surface area contributed by atoms with Gasteiger partial charge in [-0.25, -0.2) is 9.59 Å². The van der Waals surface area contributed by atoms with E-state index in [2.05, 4.69) is 5.32 Å². The van der Waals surface area contributed by atoms with E-state index in [-0.39, 0.29) is 36.7 Å². The summed E-state index contributed by atoms with van der Waals surface area (Å²) < 4.78 is 15.7. The van der Waals surface area contributed by atoms with E-state index < -0.39 is 22.8 Å². The molecule has 1 atom stereocenters. The van der Waals surface area contributed by atoms with Crippen molar-refractivity contribution >= 4 is 17.6 Å². The van der Waals surface area contributed by atoms with Crippen molar-refractivity contribution in [1.82, 2.24) is 5.32 Å². The number of allylic oxidation sites excluding steroid dienone is 5. The second kappa shape index (κ2) is 12.4. The van der Waals surface area contributed by atoms with E-state index in [0.29, 0.717) is 17.0 Å². The summed E-state index contributed by atoms with van der Waals surface area (Å²) in [6, 6.07) is 5.83. The number of hydrogen-bond donors (Lipinski definition) is 1. The predicted molar refractivity (Wildman–Crippen MR) is 122 cm³/mol. The molecule has 1 N–H and O–H groups in total. The molecule has 9 heteroatoms. The number of nitro groups is 1. The smallest absolute Gasteiger partial charge is 0.337 e. The van der Waals surface area contributed by atoms with E-state index in [4.69, 9.17) is 14.2 Å². The van der Waals surface area contributed by atoms with Gasteiger partial charge in [0.1, 0.15) is 13.2 Å². The van der Waals surface area contributed by atoms with E-state index in [1.165, 1.54) is 25.3 Å². The lowest BCUT2D eigenvalue weighted by molar-refractivity contribution is -0.384. The van der Waals surface area contributed by atoms with Crippen LogP contribution in [0, 0.1) is 10.1 Å². The van der Waals surface area contributed by atoms with Gasteiger partial charge in [-0.2, -0.15) is 0 Å². The van der Waals surface area contributed by atoms with E-state index in [0.717, 1.165) is 0 Å². The number of carbonyl (C=O) groups is 2. The van der Waals surface area contributed by atoms with Gasteiger partial charge in [-0.15, -0.1) is 0 Å². The van der Waals surface area contributed by atoms with Crippen molar-refractivity contribution in [3.8, 4) is 0 Å². The number of ether oxygens (including phenoxy) is 3. The van der Waals surface area contributed by atoms with Crippen LogP contribution < -0.4 is 5.32 Å². The van der Waals surface area contributed by atoms with Gasteiger partial charge in [0.2, 0.25) is 0 Å². The summed E-state index contributed by atoms with van der Waals surface area (Å²) in [6.07, 6.45) is 7.05. The predicted octanol–water partition coefficient (Wildman–Crippen LogP) is 3.69. The van der Waals surface area contributed by atoms with Gasteiger partial charge in [0, 0.05) is 30.6 Å². The number of rotatable bonds is 10. The molecule has 1 aliphatic rings. The second-order valence-electron chi connectivity index (χ2n) is 7.17. The van der Waals surface area contributed by atoms with Crippen molar-refractivity contribution in [2.24, 2.45) is 0 Å². The highest BCUT2D eigenvalue weighted by molar-refractivity contribution is 6.00. The number of nitro benzene ring substituents is 1. The van der Waals surface area contributed by atoms with E-state index >= 15 is 0 Å². The zero-order chi connectivity index (χ0) is 24.4. The summed E-state index contributed by atoms with van der Waals surface area (Å²) in [5.74, 6) is -2.20. The normalized spacial score (nSPS) is 16.3. The summed E-state index contributed by atoms with van der Waals surface area (Å²) in [6.45, 7) is 5.48. The minimum atomic E-state index is -0.909. The zero-order valence-electron chi connectivity index (χ0n) is 19.1. The molecule has 1 heterocycles. The molecule has 33 heavy (non-hydrogen) atoms. The molecule has 0 saturated heterocycles. The van der Waals surface area contributed by atoms with Crippen LogP contribution in [0.2, 0.25) is 0 Å². The number of esters is 2. The molecule has 0 radical (unpaired) electrons. The van der Waals surface area contributed by atoms with Gasteiger partial charge in [0.25, 0.3) is 5.69 Å². The van der Waals surface area contributed by atoms with Gasteiger partial charge >= 0.3 is 11.9 Å². The fourth-order valence-electron chi connectivity index (χ4n) is 3.43. The van der Waals surface area contributed by atoms with Crippen molar-refractivity contribution < 1.29 is 28.7 Å². The third kappa shape index (κ3) is 6.63. The molecule has 0 aliphatic carbocycles. The Morgan fingerprint density at radius 3 is 2.36 bits per heavy atom. The van der Waals surface area contributed by atoms with E-state index in [9.17, 15) is 19.7 Å². The first-order chi connectivity index (χ1) is 15.8. The highest BCUT2D eigenvalue weighted by atomic mass is 16.6. The third-order valence-corrected chi connectivity index (χ3v) is 4.89. The van der Waals surface area contributed by atoms with Crippen molar-refractivity contribution in [2.45, 2.75) is 26.7 Å². The number of carbonyl (C=O) groups excluding carboxylic acids is 2. The van der Waals surface area contributed by atoms with Gasteiger partial charge in [-0.1, -0.05) is 30.4 Å². The SMILES string of the molecule is C/C=C/C=C/COC(=O)C1=C(C)NC(C)=C(C(=O)OCCOC)[C@H]1c1cccc([N+](=O)[O-])c1. The third-order valence-electron chi connectivity index (χ3n) is 4.89. The molecule has 0 aromatic heterocycles. The van der Waals surface area contributed by atoms with Crippen molar-refractivity contribution in [1.29, 1.82) is 0 Å². The van der Waals surface area contributed by atoms with Crippen LogP contribution in [0.25, 0.3) is 0 Å². The lowest BCUT2D eigenvalue weighted by Crippen LogP contribution is -2.32. The highest BCUT2D eigenvalue weighted by Gasteiger charge is 2.38. The average Bonchev–Trinajstić information content (AvgIpc) is 2.78. The average molecular weight is 456 g/mol. The maximum Gasteiger partial charge on any atom is 0.337 e. The molecule has 0 unspecified atom stereocenters. The van der Waals surface area contributed by atoms with Crippen LogP contribution in [-0.2, 0) is 23.8 Å². The van der Waals surface area contributed by atoms with Crippen molar-refractivity contribution in [3.63, 3.8) is 0 Å². The molecule has 1 aromatic rings. The first kappa shape index (κ1) is 25.5. The summed E-state index contributed by atoms with van der Waals surface area (Å²) in [7, 11) is 1.48. The molecule has 176 valence electrons. The molecule has 1 aromatic carbocycles. The zero-order valence-corrected chi connectivity index (χ0v) is 19.1. The number of dihydropyridines is 1. The fourth-order valence-corrected chi connectivity index (χ4v) is 3.43. The fraction of sp³-hybridized carbons (Fsp3) is 0.333. The van der Waals surface area contributed by atoms with Crippen LogP contribution in [0.1, 0.15) is 32.3 Å². The number of nitrogens with zero attached hydrogens (tertiary/aromatic N) is 1. The maximum absolute atomic E-state index is 13.1. The Hall–Kier alpha value is -3.72. The molecule has 0 spiro atoms. The first-order valence-electron chi connectivity index (χ1n) is 10.4. The van der Waals surface area contributed by atoms with Crippen molar-refractivity contribution in [3.05, 3.63) is 86.8 Å². The Labute approximate surface area is 192 Å². The molecule has 0 amide bonds. The molecular formula is C24H28N2O7. The molecule has 0 saturated carbocycles. The summed E-state index contributed by atoms with van der Waals surface area (Å²) in [5.41, 5.74) is 1.57. The minimum Gasteiger partial charge on any atom is -0.460 e. The molecule has 2 rings (SSSR count). The Morgan fingerprint density at radius 2 is 1.76 bits per heavy atom. The van der Waals surface area contributed by atoms with Crippen LogP contribution in [0.3, 0.4) is 0 Å². The van der Waals surface area contributed by atoms with Crippen LogP contribution >= 0.6 is 0 Å². The Balaban J connectivity index is 2.50. The lowest BCUT2D eigenvalue weighted by Gasteiger charge is -2.30. The largest absolute Gasteiger partial charge is 0.460 e. The Kier molecular flexibility index (Phi) is 9.56. The monoisotopic (exact) mass is 456 g/mol. The van der Waals surface area contributed by atoms with Gasteiger partial charge in [0.05, 0.1) is 28.6 Å². The second-order valence-corrected chi connectivity index (χ2v) is 7.17. The van der Waals surface area contributed by atoms with Crippen molar-refractivity contribution in [2.75, 3.05) is 26.9 Å². The number of methoxy groups -OCH3 is 1. The van der Waals surface area contributed by atoms with E-state index in [1.54, 1.807) is 38.1 Å². The van der Waals surface area contributed by atoms with Gasteiger partial charge in [-0.05, 0) is 32.4 Å². The van der Waals surface area contributed by atoms with Crippen LogP contribution in [0.15, 0.2) is 71.1 Å². The summed E-state index contributed by atoms with van der Waals surface area (Å²) in [5, 5.41) is 14.4. The minimum absolute atomic E-state index is 0.0198. The van der Waals surface area contributed by atoms with E-state index in [1.807, 2.05) is 13.0 Å². The summed E-state index contributed by atoms with van der Waals surface area (Å²) >= 11 is 0. The van der Waals surface area contributed by atoms with Crippen LogP contribution in [0.4, 0.5) is 5.69 Å². The topological polar surface area (TPSA) is 117 Å². The number of benzene rings is 1. The number of nitrogens with one attached hydrogen (secondary N) is 1. The molecule has 0 bridgehead atoms. The Morgan fingerprint density at radius 1 is 1.09 bits per heavy atom. The molecule has 0 fully saturated rings. The summed E-state index contributed by atoms with van der Waals surface area (Å²) in [4.78, 5) is 36.9. The lowest BCUT2D eigenvalue weighted by atomic mass is 9.80. The quantitative estimate of drug-likeness (QED) is 0.186.